The number of hydrogen-bond acceptors (Lipinski definition) is 9. The van der Waals surface area contributed by atoms with Crippen LogP contribution in [0.2, 0.25) is 0 Å². The van der Waals surface area contributed by atoms with Crippen LogP contribution in [0.4, 0.5) is 0 Å². The summed E-state index contributed by atoms with van der Waals surface area (Å²) < 4.78 is 38.9. The summed E-state index contributed by atoms with van der Waals surface area (Å²) in [5.74, 6) is 5.85. The Labute approximate surface area is 540 Å². The van der Waals surface area contributed by atoms with Crippen LogP contribution >= 0.6 is 0 Å². The summed E-state index contributed by atoms with van der Waals surface area (Å²) in [6.45, 7) is 16.6. The van der Waals surface area contributed by atoms with Crippen LogP contribution in [0, 0.1) is 5.92 Å². The monoisotopic (exact) mass is 1220 g/mol. The summed E-state index contributed by atoms with van der Waals surface area (Å²) in [5, 5.41) is 18.9. The molecule has 8 rings (SSSR count). The van der Waals surface area contributed by atoms with E-state index in [9.17, 15) is 5.11 Å². The quantitative estimate of drug-likeness (QED) is 0.0382. The lowest BCUT2D eigenvalue weighted by atomic mass is 9.87. The van der Waals surface area contributed by atoms with Crippen molar-refractivity contribution in [3.05, 3.63) is 185 Å². The Hall–Kier alpha value is -5.84. The third-order valence-electron chi connectivity index (χ3n) is 15.8. The van der Waals surface area contributed by atoms with E-state index in [1.807, 2.05) is 72.8 Å². The highest BCUT2D eigenvalue weighted by Gasteiger charge is 2.15. The first-order valence-corrected chi connectivity index (χ1v) is 34.8. The van der Waals surface area contributed by atoms with Crippen molar-refractivity contribution in [2.45, 2.75) is 220 Å². The van der Waals surface area contributed by atoms with Crippen LogP contribution in [0.3, 0.4) is 0 Å². The number of unbranched alkanes of at least 4 members (excludes halogenated alkanes) is 2. The zero-order valence-corrected chi connectivity index (χ0v) is 56.2. The topological polar surface area (TPSA) is 105 Å². The molecule has 6 aromatic carbocycles. The molecule has 1 saturated heterocycles. The van der Waals surface area contributed by atoms with Gasteiger partial charge < -0.3 is 43.4 Å². The largest absolute Gasteiger partial charge is 0.494 e. The first-order chi connectivity index (χ1) is 43.8. The lowest BCUT2D eigenvalue weighted by Crippen LogP contribution is -2.19. The molecule has 2 N–H and O–H groups in total. The lowest BCUT2D eigenvalue weighted by molar-refractivity contribution is 0.0115. The van der Waals surface area contributed by atoms with Gasteiger partial charge in [-0.1, -0.05) is 177 Å². The van der Waals surface area contributed by atoms with Crippen LogP contribution < -0.4 is 23.7 Å². The maximum Gasteiger partial charge on any atom is 0.119 e. The van der Waals surface area contributed by atoms with Crippen LogP contribution in [0.5, 0.6) is 28.7 Å². The molecule has 1 aliphatic heterocycles. The van der Waals surface area contributed by atoms with Gasteiger partial charge in [0, 0.05) is 26.9 Å². The van der Waals surface area contributed by atoms with Gasteiger partial charge in [0.1, 0.15) is 28.7 Å². The number of hydrogen-bond donors (Lipinski definition) is 2. The summed E-state index contributed by atoms with van der Waals surface area (Å²) in [4.78, 5) is 0. The normalized spacial score (nSPS) is 14.2. The zero-order chi connectivity index (χ0) is 63.5. The number of benzene rings is 6. The van der Waals surface area contributed by atoms with Crippen molar-refractivity contribution in [3.63, 3.8) is 0 Å². The summed E-state index contributed by atoms with van der Waals surface area (Å²) in [6, 6.07) is 51.6. The van der Waals surface area contributed by atoms with E-state index in [4.69, 9.17) is 38.3 Å². The second-order valence-corrected chi connectivity index (χ2v) is 23.9. The van der Waals surface area contributed by atoms with Gasteiger partial charge in [-0.25, -0.2) is 0 Å². The maximum atomic E-state index is 10.2. The first-order valence-electron chi connectivity index (χ1n) is 34.8. The van der Waals surface area contributed by atoms with Crippen molar-refractivity contribution in [1.29, 1.82) is 0 Å². The van der Waals surface area contributed by atoms with Gasteiger partial charge in [-0.3, -0.25) is 0 Å². The van der Waals surface area contributed by atoms with Crippen LogP contribution in [0.15, 0.2) is 152 Å². The molecule has 6 aromatic rings. The second-order valence-electron chi connectivity index (χ2n) is 23.9. The number of aliphatic hydroxyl groups excluding tert-OH is 2. The van der Waals surface area contributed by atoms with E-state index in [1.54, 1.807) is 7.11 Å². The van der Waals surface area contributed by atoms with E-state index < -0.39 is 6.10 Å². The van der Waals surface area contributed by atoms with Gasteiger partial charge in [0.2, 0.25) is 0 Å². The van der Waals surface area contributed by atoms with E-state index in [-0.39, 0.29) is 6.61 Å². The fourth-order valence-electron chi connectivity index (χ4n) is 10.8. The molecular formula is C80H118O9. The number of aliphatic hydroxyl groups is 2. The molecule has 492 valence electrons. The van der Waals surface area contributed by atoms with Crippen LogP contribution in [0.1, 0.15) is 215 Å². The second kappa shape index (κ2) is 50.9. The summed E-state index contributed by atoms with van der Waals surface area (Å²) in [5.41, 5.74) is 7.58. The minimum atomic E-state index is -0.406. The number of aryl methyl sites for hydroxylation is 5. The van der Waals surface area contributed by atoms with Crippen molar-refractivity contribution >= 4 is 0 Å². The molecule has 0 amide bonds. The van der Waals surface area contributed by atoms with E-state index >= 15 is 0 Å². The van der Waals surface area contributed by atoms with Gasteiger partial charge in [0.25, 0.3) is 0 Å². The number of methoxy groups -OCH3 is 1. The molecule has 1 aliphatic carbocycles. The number of ether oxygens (including phenoxy) is 7. The third-order valence-corrected chi connectivity index (χ3v) is 15.8. The van der Waals surface area contributed by atoms with Crippen molar-refractivity contribution in [1.82, 2.24) is 0 Å². The lowest BCUT2D eigenvalue weighted by Gasteiger charge is -2.22. The Balaban J connectivity index is 0.000000239. The van der Waals surface area contributed by atoms with E-state index in [1.165, 1.54) is 118 Å². The smallest absolute Gasteiger partial charge is 0.119 e. The number of rotatable bonds is 34. The Kier molecular flexibility index (Phi) is 43.2. The Morgan fingerprint density at radius 3 is 1.22 bits per heavy atom. The van der Waals surface area contributed by atoms with Gasteiger partial charge in [0.05, 0.1) is 45.2 Å². The van der Waals surface area contributed by atoms with E-state index in [0.717, 1.165) is 170 Å². The molecule has 0 bridgehead atoms. The molecule has 0 spiro atoms. The minimum Gasteiger partial charge on any atom is -0.494 e. The molecule has 9 heteroatoms. The summed E-state index contributed by atoms with van der Waals surface area (Å²) in [6.07, 6.45) is 32.1. The van der Waals surface area contributed by atoms with Crippen molar-refractivity contribution in [3.8, 4) is 28.7 Å². The predicted molar refractivity (Wildman–Crippen MR) is 372 cm³/mol. The maximum absolute atomic E-state index is 10.2. The van der Waals surface area contributed by atoms with Crippen molar-refractivity contribution in [2.24, 2.45) is 5.92 Å². The molecule has 1 heterocycles. The van der Waals surface area contributed by atoms with Crippen LogP contribution in [-0.4, -0.2) is 76.3 Å². The molecule has 2 aliphatic rings. The van der Waals surface area contributed by atoms with Crippen molar-refractivity contribution < 1.29 is 43.4 Å². The summed E-state index contributed by atoms with van der Waals surface area (Å²) >= 11 is 0. The molecular weight excluding hydrogens is 1100 g/mol. The SMILES string of the molecule is CCCOc1cccc(CCC(O)c2ccccc2)c1.CCCOc1cccc(CCC2CCCCCCC2)c1.CCCOc1cccc(CCC2CCCCO2)c1.CCCOc1cccc(CCCCCOC)c1.CCCOc1cccc(CCCO)c1. The highest BCUT2D eigenvalue weighted by Crippen LogP contribution is 2.28. The fraction of sp³-hybridized carbons (Fsp3) is 0.550. The molecule has 1 saturated carbocycles. The third kappa shape index (κ3) is 36.6. The molecule has 2 fully saturated rings. The van der Waals surface area contributed by atoms with Crippen molar-refractivity contribution in [2.75, 3.05) is 60.0 Å². The standard InChI is InChI=1S/C19H30O.C18H22O2.C16H24O2.C15H24O2.C12H18O2/c1-2-15-20-19-12-8-11-18(16-19)14-13-17-9-6-4-3-5-7-10-17;1-2-13-20-17-10-6-7-15(14-17)11-12-18(19)16-8-4-3-5-9-16;1-2-11-17-16-8-5-6-14(13-16)9-10-15-7-3-4-12-18-15;1-3-11-17-15-10-7-9-14(13-15)8-5-4-6-12-16-2;1-2-9-14-12-7-3-5-11(10-12)6-4-8-13/h8,11-12,16-17H,2-7,9-10,13-15H2,1H3;3-10,14,18-19H,2,11-13H2,1H3;5-6,8,13,15H,2-4,7,9-12H2,1H3;7,9-10,13H,3-6,8,11-12H2,1-2H3;3,5,7,10,13H,2,4,6,8-9H2,1H3. The molecule has 0 radical (unpaired) electrons. The molecule has 89 heavy (non-hydrogen) atoms. The average Bonchev–Trinajstić information content (AvgIpc) is 3.65. The van der Waals surface area contributed by atoms with Gasteiger partial charge in [0.15, 0.2) is 0 Å². The predicted octanol–water partition coefficient (Wildman–Crippen LogP) is 20.1. The van der Waals surface area contributed by atoms with Gasteiger partial charge >= 0.3 is 0 Å². The fourth-order valence-corrected chi connectivity index (χ4v) is 10.8. The molecule has 2 unspecified atom stereocenters. The first kappa shape index (κ1) is 75.6. The van der Waals surface area contributed by atoms with Gasteiger partial charge in [-0.2, -0.15) is 0 Å². The van der Waals surface area contributed by atoms with E-state index in [0.29, 0.717) is 6.10 Å². The molecule has 9 nitrogen and oxygen atoms in total. The van der Waals surface area contributed by atoms with E-state index in [2.05, 4.69) is 113 Å². The molecule has 2 atom stereocenters. The van der Waals surface area contributed by atoms with Crippen LogP contribution in [0.25, 0.3) is 0 Å². The Bertz CT molecular complexity index is 2570. The Morgan fingerprint density at radius 2 is 0.809 bits per heavy atom. The van der Waals surface area contributed by atoms with Gasteiger partial charge in [-0.05, 0) is 222 Å². The minimum absolute atomic E-state index is 0.250. The zero-order valence-electron chi connectivity index (χ0n) is 56.2. The Morgan fingerprint density at radius 1 is 0.404 bits per heavy atom. The highest BCUT2D eigenvalue weighted by atomic mass is 16.5. The van der Waals surface area contributed by atoms with Crippen LogP contribution in [-0.2, 0) is 41.6 Å². The summed E-state index contributed by atoms with van der Waals surface area (Å²) in [7, 11) is 1.76. The highest BCUT2D eigenvalue weighted by molar-refractivity contribution is 5.32. The van der Waals surface area contributed by atoms with Gasteiger partial charge in [-0.15, -0.1) is 0 Å². The molecule has 0 aromatic heterocycles. The average molecular weight is 1220 g/mol.